The third-order valence-corrected chi connectivity index (χ3v) is 2.96. The first-order chi connectivity index (χ1) is 9.69. The normalized spacial score (nSPS) is 14.6. The van der Waals surface area contributed by atoms with Crippen LogP contribution in [0.25, 0.3) is 5.57 Å². The maximum absolute atomic E-state index is 11.7. The van der Waals surface area contributed by atoms with Gasteiger partial charge in [-0.15, -0.1) is 0 Å². The van der Waals surface area contributed by atoms with E-state index in [-0.39, 0.29) is 18.1 Å². The number of hydrogen-bond donors (Lipinski definition) is 1. The van der Waals surface area contributed by atoms with Crippen LogP contribution in [-0.4, -0.2) is 29.8 Å². The fourth-order valence-corrected chi connectivity index (χ4v) is 1.92. The molecule has 0 spiro atoms. The summed E-state index contributed by atoms with van der Waals surface area (Å²) in [5.41, 5.74) is 0.891. The van der Waals surface area contributed by atoms with Gasteiger partial charge < -0.3 is 19.0 Å². The van der Waals surface area contributed by atoms with Crippen molar-refractivity contribution in [2.75, 3.05) is 13.7 Å². The molecule has 1 aliphatic carbocycles. The van der Waals surface area contributed by atoms with Crippen molar-refractivity contribution >= 4 is 11.5 Å². The van der Waals surface area contributed by atoms with Crippen molar-refractivity contribution in [2.24, 2.45) is 0 Å². The summed E-state index contributed by atoms with van der Waals surface area (Å²) in [7, 11) is 1.62. The highest BCUT2D eigenvalue weighted by Crippen LogP contribution is 2.28. The van der Waals surface area contributed by atoms with Crippen molar-refractivity contribution in [3.63, 3.8) is 0 Å². The molecule has 0 fully saturated rings. The number of aliphatic hydroxyl groups excluding tert-OH is 1. The van der Waals surface area contributed by atoms with Gasteiger partial charge in [-0.1, -0.05) is 6.08 Å². The smallest absolute Gasteiger partial charge is 0.360 e. The van der Waals surface area contributed by atoms with Crippen molar-refractivity contribution in [1.29, 1.82) is 0 Å². The number of esters is 1. The predicted molar refractivity (Wildman–Crippen MR) is 70.7 cm³/mol. The van der Waals surface area contributed by atoms with Gasteiger partial charge in [-0.3, -0.25) is 0 Å². The number of oxazole rings is 1. The maximum atomic E-state index is 11.7. The molecular formula is C14H17NO5. The number of carbonyl (C=O) groups excluding carboxylic acids is 1. The highest BCUT2D eigenvalue weighted by molar-refractivity contribution is 5.88. The molecule has 1 aromatic rings. The van der Waals surface area contributed by atoms with Crippen molar-refractivity contribution in [1.82, 2.24) is 4.98 Å². The van der Waals surface area contributed by atoms with E-state index in [1.807, 2.05) is 12.2 Å². The SMILES string of the molecule is CCOC(=O)c1nc(C2=CC=C(OC)CC2)oc1CO. The quantitative estimate of drug-likeness (QED) is 0.831. The second-order valence-electron chi connectivity index (χ2n) is 4.20. The van der Waals surface area contributed by atoms with E-state index < -0.39 is 12.6 Å². The lowest BCUT2D eigenvalue weighted by molar-refractivity contribution is 0.0514. The minimum atomic E-state index is -0.587. The number of hydrogen-bond acceptors (Lipinski definition) is 6. The molecule has 6 nitrogen and oxygen atoms in total. The van der Waals surface area contributed by atoms with Crippen molar-refractivity contribution in [3.05, 3.63) is 35.3 Å². The number of aliphatic hydroxyl groups is 1. The van der Waals surface area contributed by atoms with Gasteiger partial charge >= 0.3 is 5.97 Å². The maximum Gasteiger partial charge on any atom is 0.360 e. The molecule has 0 atom stereocenters. The zero-order chi connectivity index (χ0) is 14.5. The Labute approximate surface area is 116 Å². The number of ether oxygens (including phenoxy) is 2. The van der Waals surface area contributed by atoms with Gasteiger partial charge in [0.05, 0.1) is 19.5 Å². The Hall–Kier alpha value is -2.08. The third-order valence-electron chi connectivity index (χ3n) is 2.96. The second-order valence-corrected chi connectivity index (χ2v) is 4.20. The average molecular weight is 279 g/mol. The summed E-state index contributed by atoms with van der Waals surface area (Å²) in [6.45, 7) is 1.56. The van der Waals surface area contributed by atoms with E-state index in [9.17, 15) is 9.90 Å². The van der Waals surface area contributed by atoms with Gasteiger partial charge in [-0.05, 0) is 19.4 Å². The van der Waals surface area contributed by atoms with Crippen LogP contribution >= 0.6 is 0 Å². The minimum Gasteiger partial charge on any atom is -0.501 e. The number of nitrogens with zero attached hydrogens (tertiary/aromatic N) is 1. The van der Waals surface area contributed by atoms with Crippen LogP contribution in [0, 0.1) is 0 Å². The molecule has 0 bridgehead atoms. The van der Waals surface area contributed by atoms with Crippen LogP contribution in [0.15, 0.2) is 22.3 Å². The van der Waals surface area contributed by atoms with Gasteiger partial charge in [0.1, 0.15) is 6.61 Å². The fraction of sp³-hybridized carbons (Fsp3) is 0.429. The van der Waals surface area contributed by atoms with Crippen LogP contribution in [-0.2, 0) is 16.1 Å². The highest BCUT2D eigenvalue weighted by Gasteiger charge is 2.23. The molecule has 0 radical (unpaired) electrons. The summed E-state index contributed by atoms with van der Waals surface area (Å²) in [5.74, 6) is 0.758. The van der Waals surface area contributed by atoms with Crippen molar-refractivity contribution in [3.8, 4) is 0 Å². The van der Waals surface area contributed by atoms with E-state index in [0.29, 0.717) is 12.3 Å². The Bertz CT molecular complexity index is 556. The lowest BCUT2D eigenvalue weighted by Crippen LogP contribution is -2.08. The Morgan fingerprint density at radius 2 is 2.25 bits per heavy atom. The van der Waals surface area contributed by atoms with Gasteiger partial charge in [0.25, 0.3) is 0 Å². The number of allylic oxidation sites excluding steroid dienone is 4. The molecule has 108 valence electrons. The molecule has 1 N–H and O–H groups in total. The summed E-state index contributed by atoms with van der Waals surface area (Å²) in [6, 6.07) is 0. The molecule has 0 saturated heterocycles. The Kier molecular flexibility index (Phi) is 4.57. The third kappa shape index (κ3) is 2.91. The lowest BCUT2D eigenvalue weighted by Gasteiger charge is -2.10. The molecule has 0 amide bonds. The van der Waals surface area contributed by atoms with Crippen LogP contribution in [0.3, 0.4) is 0 Å². The molecular weight excluding hydrogens is 262 g/mol. The molecule has 6 heteroatoms. The molecule has 2 rings (SSSR count). The van der Waals surface area contributed by atoms with Crippen LogP contribution in [0.4, 0.5) is 0 Å². The van der Waals surface area contributed by atoms with Crippen LogP contribution in [0.1, 0.15) is 41.9 Å². The molecule has 1 aromatic heterocycles. The summed E-state index contributed by atoms with van der Waals surface area (Å²) in [5, 5.41) is 9.23. The molecule has 1 aliphatic rings. The predicted octanol–water partition coefficient (Wildman–Crippen LogP) is 2.05. The molecule has 0 aromatic carbocycles. The van der Waals surface area contributed by atoms with E-state index in [0.717, 1.165) is 17.8 Å². The monoisotopic (exact) mass is 279 g/mol. The molecule has 20 heavy (non-hydrogen) atoms. The van der Waals surface area contributed by atoms with E-state index >= 15 is 0 Å². The number of methoxy groups -OCH3 is 1. The number of aromatic nitrogens is 1. The Morgan fingerprint density at radius 1 is 1.45 bits per heavy atom. The van der Waals surface area contributed by atoms with Crippen molar-refractivity contribution < 1.29 is 23.8 Å². The fourth-order valence-electron chi connectivity index (χ4n) is 1.92. The van der Waals surface area contributed by atoms with Gasteiger partial charge in [0.15, 0.2) is 11.5 Å². The summed E-state index contributed by atoms with van der Waals surface area (Å²) in [4.78, 5) is 15.8. The molecule has 0 unspecified atom stereocenters. The first-order valence-corrected chi connectivity index (χ1v) is 6.41. The van der Waals surface area contributed by atoms with Crippen LogP contribution < -0.4 is 0 Å². The lowest BCUT2D eigenvalue weighted by atomic mass is 10.0. The Balaban J connectivity index is 2.28. The summed E-state index contributed by atoms with van der Waals surface area (Å²) in [6.07, 6.45) is 5.12. The zero-order valence-corrected chi connectivity index (χ0v) is 11.5. The summed E-state index contributed by atoms with van der Waals surface area (Å²) >= 11 is 0. The zero-order valence-electron chi connectivity index (χ0n) is 11.5. The number of carbonyl (C=O) groups is 1. The van der Waals surface area contributed by atoms with E-state index in [4.69, 9.17) is 13.9 Å². The molecule has 1 heterocycles. The summed E-state index contributed by atoms with van der Waals surface area (Å²) < 4.78 is 15.5. The van der Waals surface area contributed by atoms with Crippen molar-refractivity contribution in [2.45, 2.75) is 26.4 Å². The van der Waals surface area contributed by atoms with E-state index in [1.54, 1.807) is 14.0 Å². The minimum absolute atomic E-state index is 0.0340. The first-order valence-electron chi connectivity index (χ1n) is 6.41. The van der Waals surface area contributed by atoms with Gasteiger partial charge in [-0.25, -0.2) is 9.78 Å². The standard InChI is InChI=1S/C14H17NO5/c1-3-19-14(17)12-11(8-16)20-13(15-12)9-4-6-10(18-2)7-5-9/h4,6,16H,3,5,7-8H2,1-2H3. The van der Waals surface area contributed by atoms with Gasteiger partial charge in [0.2, 0.25) is 5.89 Å². The topological polar surface area (TPSA) is 81.8 Å². The first kappa shape index (κ1) is 14.3. The van der Waals surface area contributed by atoms with Crippen LogP contribution in [0.5, 0.6) is 0 Å². The highest BCUT2D eigenvalue weighted by atomic mass is 16.5. The Morgan fingerprint density at radius 3 is 2.80 bits per heavy atom. The van der Waals surface area contributed by atoms with Crippen LogP contribution in [0.2, 0.25) is 0 Å². The van der Waals surface area contributed by atoms with Gasteiger partial charge in [0, 0.05) is 12.0 Å². The van der Waals surface area contributed by atoms with E-state index in [1.165, 1.54) is 0 Å². The molecule has 0 saturated carbocycles. The number of rotatable bonds is 5. The van der Waals surface area contributed by atoms with Gasteiger partial charge in [-0.2, -0.15) is 0 Å². The van der Waals surface area contributed by atoms with E-state index in [2.05, 4.69) is 4.98 Å². The largest absolute Gasteiger partial charge is 0.501 e. The second kappa shape index (κ2) is 6.38. The average Bonchev–Trinajstić information content (AvgIpc) is 2.92. The molecule has 0 aliphatic heterocycles.